The van der Waals surface area contributed by atoms with Crippen molar-refractivity contribution in [3.05, 3.63) is 87.7 Å². The number of ether oxygens (including phenoxy) is 1. The van der Waals surface area contributed by atoms with Crippen LogP contribution < -0.4 is 15.6 Å². The number of aliphatic imine (C=N–C) groups is 1. The lowest BCUT2D eigenvalue weighted by Gasteiger charge is -2.11. The molecule has 0 aliphatic heterocycles. The van der Waals surface area contributed by atoms with Gasteiger partial charge in [-0.1, -0.05) is 35.9 Å². The number of H-pyrrole nitrogens is 1. The number of esters is 1. The van der Waals surface area contributed by atoms with E-state index in [9.17, 15) is 19.5 Å². The fourth-order valence-electron chi connectivity index (χ4n) is 3.28. The van der Waals surface area contributed by atoms with Crippen molar-refractivity contribution in [3.63, 3.8) is 0 Å². The van der Waals surface area contributed by atoms with Gasteiger partial charge < -0.3 is 15.2 Å². The molecule has 0 spiro atoms. The zero-order chi connectivity index (χ0) is 24.7. The number of amides is 1. The average molecular weight is 460 g/mol. The van der Waals surface area contributed by atoms with Crippen LogP contribution in [0.3, 0.4) is 0 Å². The van der Waals surface area contributed by atoms with Crippen LogP contribution in [0.5, 0.6) is 11.6 Å². The molecule has 3 N–H and O–H groups in total. The highest BCUT2D eigenvalue weighted by atomic mass is 16.5. The van der Waals surface area contributed by atoms with Crippen molar-refractivity contribution in [3.8, 4) is 11.6 Å². The summed E-state index contributed by atoms with van der Waals surface area (Å²) in [4.78, 5) is 42.9. The van der Waals surface area contributed by atoms with E-state index in [1.807, 2.05) is 19.1 Å². The van der Waals surface area contributed by atoms with Crippen LogP contribution in [0.1, 0.15) is 30.5 Å². The van der Waals surface area contributed by atoms with Crippen molar-refractivity contribution in [1.82, 2.24) is 4.98 Å². The zero-order valence-electron chi connectivity index (χ0n) is 19.1. The number of hydrogen-bond donors (Lipinski definition) is 3. The van der Waals surface area contributed by atoms with Crippen molar-refractivity contribution in [2.75, 3.05) is 5.32 Å². The number of hydrogen-bond acceptors (Lipinski definition) is 6. The minimum atomic E-state index is -0.579. The van der Waals surface area contributed by atoms with Gasteiger partial charge in [-0.25, -0.2) is 4.79 Å². The highest BCUT2D eigenvalue weighted by Gasteiger charge is 2.12. The van der Waals surface area contributed by atoms with Crippen LogP contribution in [0.4, 0.5) is 5.69 Å². The maximum Gasteiger partial charge on any atom is 0.335 e. The third-order valence-corrected chi connectivity index (χ3v) is 4.83. The Morgan fingerprint density at radius 1 is 1.09 bits per heavy atom. The summed E-state index contributed by atoms with van der Waals surface area (Å²) in [7, 11) is 0. The van der Waals surface area contributed by atoms with E-state index in [0.29, 0.717) is 27.6 Å². The predicted molar refractivity (Wildman–Crippen MR) is 133 cm³/mol. The second-order valence-electron chi connectivity index (χ2n) is 7.48. The summed E-state index contributed by atoms with van der Waals surface area (Å²) in [5.74, 6) is -1.02. The summed E-state index contributed by atoms with van der Waals surface area (Å²) in [6, 6.07) is 10.3. The number of benzene rings is 2. The Bertz CT molecular complexity index is 1380. The largest absolute Gasteiger partial charge is 0.494 e. The molecule has 0 radical (unpaired) electrons. The van der Waals surface area contributed by atoms with Gasteiger partial charge in [0, 0.05) is 23.1 Å². The van der Waals surface area contributed by atoms with Crippen molar-refractivity contribution in [1.29, 1.82) is 0 Å². The molecule has 174 valence electrons. The fourth-order valence-corrected chi connectivity index (χ4v) is 3.28. The molecule has 3 aromatic rings. The molecule has 0 unspecified atom stereocenters. The van der Waals surface area contributed by atoms with Crippen LogP contribution in [0.2, 0.25) is 0 Å². The third kappa shape index (κ3) is 5.86. The van der Waals surface area contributed by atoms with Gasteiger partial charge >= 0.3 is 5.97 Å². The Morgan fingerprint density at radius 3 is 2.59 bits per heavy atom. The molecule has 2 aromatic carbocycles. The molecular weight excluding hydrogens is 434 g/mol. The van der Waals surface area contributed by atoms with E-state index in [1.54, 1.807) is 50.3 Å². The maximum atomic E-state index is 12.1. The highest BCUT2D eigenvalue weighted by Crippen LogP contribution is 2.27. The number of aromatic nitrogens is 1. The Hall–Kier alpha value is -4.46. The van der Waals surface area contributed by atoms with Crippen molar-refractivity contribution >= 4 is 34.6 Å². The van der Waals surface area contributed by atoms with Crippen LogP contribution in [0, 0.1) is 6.92 Å². The summed E-state index contributed by atoms with van der Waals surface area (Å²) >= 11 is 0. The average Bonchev–Trinajstić information content (AvgIpc) is 2.77. The van der Waals surface area contributed by atoms with Crippen molar-refractivity contribution in [2.24, 2.45) is 4.99 Å². The molecule has 1 heterocycles. The molecule has 0 aliphatic carbocycles. The first-order valence-electron chi connectivity index (χ1n) is 10.6. The molecule has 1 aromatic heterocycles. The molecule has 1 amide bonds. The molecule has 8 heteroatoms. The summed E-state index contributed by atoms with van der Waals surface area (Å²) in [5, 5.41) is 14.0. The quantitative estimate of drug-likeness (QED) is 0.212. The fraction of sp³-hybridized carbons (Fsp3) is 0.154. The number of pyridine rings is 1. The van der Waals surface area contributed by atoms with Gasteiger partial charge in [0.05, 0.1) is 17.8 Å². The van der Waals surface area contributed by atoms with E-state index in [-0.39, 0.29) is 29.6 Å². The van der Waals surface area contributed by atoms with E-state index in [0.717, 1.165) is 5.56 Å². The molecule has 0 atom stereocenters. The van der Waals surface area contributed by atoms with Gasteiger partial charge in [0.25, 0.3) is 5.56 Å². The lowest BCUT2D eigenvalue weighted by molar-refractivity contribution is -0.129. The number of nitrogens with one attached hydrogen (secondary N) is 2. The van der Waals surface area contributed by atoms with E-state index < -0.39 is 5.97 Å². The van der Waals surface area contributed by atoms with E-state index >= 15 is 0 Å². The summed E-state index contributed by atoms with van der Waals surface area (Å²) in [5.41, 5.74) is 2.00. The van der Waals surface area contributed by atoms with Gasteiger partial charge in [0.2, 0.25) is 11.8 Å². The Balaban J connectivity index is 1.91. The van der Waals surface area contributed by atoms with Gasteiger partial charge in [0.1, 0.15) is 0 Å². The highest BCUT2D eigenvalue weighted by molar-refractivity contribution is 6.02. The van der Waals surface area contributed by atoms with E-state index in [1.165, 1.54) is 18.4 Å². The molecule has 3 rings (SSSR count). The number of anilines is 1. The van der Waals surface area contributed by atoms with Gasteiger partial charge in [-0.15, -0.1) is 0 Å². The number of aryl methyl sites for hydroxylation is 1. The molecule has 0 saturated carbocycles. The molecule has 0 fully saturated rings. The molecule has 34 heavy (non-hydrogen) atoms. The molecule has 0 saturated heterocycles. The minimum absolute atomic E-state index is 0.182. The number of nitrogens with zero attached hydrogens (tertiary/aromatic N) is 1. The van der Waals surface area contributed by atoms with Crippen LogP contribution in [-0.4, -0.2) is 28.2 Å². The number of rotatable bonds is 7. The SMILES string of the molecule is C/C=C/C(=O)Nc1ccc(CN=Cc2c(O)[nH]c(=O)c3ccc(C)cc23)cc1OC(=O)/C=C/C. The Labute approximate surface area is 196 Å². The Morgan fingerprint density at radius 2 is 1.85 bits per heavy atom. The first-order valence-corrected chi connectivity index (χ1v) is 10.6. The first kappa shape index (κ1) is 24.2. The predicted octanol–water partition coefficient (Wildman–Crippen LogP) is 4.16. The zero-order valence-corrected chi connectivity index (χ0v) is 19.1. The lowest BCUT2D eigenvalue weighted by atomic mass is 10.1. The maximum absolute atomic E-state index is 12.1. The molecular formula is C26H25N3O5. The van der Waals surface area contributed by atoms with Gasteiger partial charge in [-0.3, -0.25) is 19.6 Å². The number of carbonyl (C=O) groups is 2. The summed E-state index contributed by atoms with van der Waals surface area (Å²) in [6.07, 6.45) is 7.27. The number of aromatic amines is 1. The van der Waals surface area contributed by atoms with Crippen LogP contribution in [-0.2, 0) is 16.1 Å². The second-order valence-corrected chi connectivity index (χ2v) is 7.48. The van der Waals surface area contributed by atoms with Gasteiger partial charge in [0.15, 0.2) is 5.75 Å². The van der Waals surface area contributed by atoms with Crippen LogP contribution in [0.25, 0.3) is 10.8 Å². The van der Waals surface area contributed by atoms with Crippen molar-refractivity contribution in [2.45, 2.75) is 27.3 Å². The number of aromatic hydroxyl groups is 1. The van der Waals surface area contributed by atoms with Gasteiger partial charge in [-0.05, 0) is 50.6 Å². The molecule has 0 aliphatic rings. The number of allylic oxidation sites excluding steroid dienone is 2. The first-order chi connectivity index (χ1) is 16.3. The topological polar surface area (TPSA) is 121 Å². The summed E-state index contributed by atoms with van der Waals surface area (Å²) < 4.78 is 5.38. The monoisotopic (exact) mass is 459 g/mol. The Kier molecular flexibility index (Phi) is 7.76. The van der Waals surface area contributed by atoms with Crippen LogP contribution >= 0.6 is 0 Å². The number of fused-ring (bicyclic) bond motifs is 1. The van der Waals surface area contributed by atoms with E-state index in [4.69, 9.17) is 4.74 Å². The lowest BCUT2D eigenvalue weighted by Crippen LogP contribution is -2.12. The summed E-state index contributed by atoms with van der Waals surface area (Å²) in [6.45, 7) is 5.51. The molecule has 0 bridgehead atoms. The van der Waals surface area contributed by atoms with E-state index in [2.05, 4.69) is 15.3 Å². The smallest absolute Gasteiger partial charge is 0.335 e. The number of carbonyl (C=O) groups excluding carboxylic acids is 2. The minimum Gasteiger partial charge on any atom is -0.494 e. The standard InChI is InChI=1S/C26H25N3O5/c1-4-6-23(30)28-21-11-9-17(13-22(21)34-24(31)7-5-2)14-27-15-20-19-12-16(3)8-10-18(19)25(32)29-26(20)33/h4-13,15H,14H2,1-3H3,(H,28,30)(H2,29,32,33)/b6-4+,7-5+,27-15?. The third-order valence-electron chi connectivity index (χ3n) is 4.83. The van der Waals surface area contributed by atoms with Crippen molar-refractivity contribution < 1.29 is 19.4 Å². The van der Waals surface area contributed by atoms with Crippen LogP contribution in [0.15, 0.2) is 70.5 Å². The second kappa shape index (κ2) is 10.9. The molecule has 8 nitrogen and oxygen atoms in total. The normalized spacial score (nSPS) is 11.6. The van der Waals surface area contributed by atoms with Gasteiger partial charge in [-0.2, -0.15) is 0 Å².